The van der Waals surface area contributed by atoms with E-state index in [0.717, 1.165) is 6.07 Å². The fourth-order valence-electron chi connectivity index (χ4n) is 3.63. The quantitative estimate of drug-likeness (QED) is 0.172. The number of Topliss-reactive ketones (excluding diaryl/α,β-unsaturated/α-hetero) is 1. The maximum absolute atomic E-state index is 13.0. The predicted octanol–water partition coefficient (Wildman–Crippen LogP) is 3.06. The zero-order chi connectivity index (χ0) is 22.5. The summed E-state index contributed by atoms with van der Waals surface area (Å²) in [6.45, 7) is 0.597. The van der Waals surface area contributed by atoms with E-state index in [1.165, 1.54) is 37.3 Å². The van der Waals surface area contributed by atoms with Crippen molar-refractivity contribution < 1.29 is 29.1 Å². The van der Waals surface area contributed by atoms with E-state index < -0.39 is 28.4 Å². The summed E-state index contributed by atoms with van der Waals surface area (Å²) in [5.74, 6) is -1.67. The third kappa shape index (κ3) is 4.26. The van der Waals surface area contributed by atoms with Crippen molar-refractivity contribution in [2.24, 2.45) is 0 Å². The maximum atomic E-state index is 13.0. The molecule has 1 unspecified atom stereocenters. The lowest BCUT2D eigenvalue weighted by Gasteiger charge is -2.26. The molecular weight excluding hydrogens is 404 g/mol. The monoisotopic (exact) mass is 426 g/mol. The second-order valence-corrected chi connectivity index (χ2v) is 6.89. The minimum atomic E-state index is -0.910. The molecule has 1 aliphatic rings. The number of carbonyl (C=O) groups is 2. The summed E-state index contributed by atoms with van der Waals surface area (Å²) in [4.78, 5) is 37.7. The first-order valence-corrected chi connectivity index (χ1v) is 9.55. The normalized spacial score (nSPS) is 17.7. The van der Waals surface area contributed by atoms with Crippen LogP contribution < -0.4 is 4.74 Å². The van der Waals surface area contributed by atoms with Crippen LogP contribution in [0.5, 0.6) is 5.75 Å². The Bertz CT molecular complexity index is 1050. The molecular formula is C22H22N2O7. The minimum absolute atomic E-state index is 0.0731. The number of hydrogen-bond donors (Lipinski definition) is 1. The van der Waals surface area contributed by atoms with Gasteiger partial charge in [0.1, 0.15) is 11.5 Å². The molecule has 31 heavy (non-hydrogen) atoms. The van der Waals surface area contributed by atoms with E-state index in [4.69, 9.17) is 9.47 Å². The first-order valence-electron chi connectivity index (χ1n) is 9.55. The second kappa shape index (κ2) is 9.40. The first kappa shape index (κ1) is 22.0. The zero-order valence-electron chi connectivity index (χ0n) is 17.1. The molecule has 0 saturated carbocycles. The Balaban J connectivity index is 2.19. The van der Waals surface area contributed by atoms with Gasteiger partial charge in [0.05, 0.1) is 23.6 Å². The molecule has 2 aromatic rings. The van der Waals surface area contributed by atoms with E-state index in [0.29, 0.717) is 24.3 Å². The number of ketones is 1. The number of nitro groups is 1. The third-order valence-corrected chi connectivity index (χ3v) is 5.05. The van der Waals surface area contributed by atoms with Crippen LogP contribution in [-0.4, -0.2) is 54.0 Å². The highest BCUT2D eigenvalue weighted by molar-refractivity contribution is 6.46. The largest absolute Gasteiger partial charge is 0.507 e. The molecule has 1 fully saturated rings. The van der Waals surface area contributed by atoms with Gasteiger partial charge in [0, 0.05) is 43.5 Å². The van der Waals surface area contributed by atoms with Crippen LogP contribution in [0.15, 0.2) is 54.1 Å². The van der Waals surface area contributed by atoms with Crippen molar-refractivity contribution in [2.75, 3.05) is 27.4 Å². The van der Waals surface area contributed by atoms with E-state index in [1.807, 2.05) is 0 Å². The van der Waals surface area contributed by atoms with Gasteiger partial charge in [-0.3, -0.25) is 19.7 Å². The summed E-state index contributed by atoms with van der Waals surface area (Å²) in [5.41, 5.74) is 0.206. The Hall–Kier alpha value is -3.72. The van der Waals surface area contributed by atoms with Crippen molar-refractivity contribution in [2.45, 2.75) is 12.5 Å². The van der Waals surface area contributed by atoms with E-state index in [2.05, 4.69) is 0 Å². The average molecular weight is 426 g/mol. The number of amides is 1. The number of nitro benzene ring substituents is 1. The number of ether oxygens (including phenoxy) is 2. The van der Waals surface area contributed by atoms with Crippen molar-refractivity contribution in [3.8, 4) is 5.75 Å². The van der Waals surface area contributed by atoms with Gasteiger partial charge in [0.2, 0.25) is 0 Å². The van der Waals surface area contributed by atoms with Gasteiger partial charge in [0.15, 0.2) is 0 Å². The van der Waals surface area contributed by atoms with Gasteiger partial charge in [-0.2, -0.15) is 0 Å². The summed E-state index contributed by atoms with van der Waals surface area (Å²) >= 11 is 0. The van der Waals surface area contributed by atoms with Gasteiger partial charge in [-0.25, -0.2) is 0 Å². The number of nitrogens with zero attached hydrogens (tertiary/aromatic N) is 2. The van der Waals surface area contributed by atoms with Crippen LogP contribution >= 0.6 is 0 Å². The van der Waals surface area contributed by atoms with Crippen molar-refractivity contribution in [3.63, 3.8) is 0 Å². The van der Waals surface area contributed by atoms with Crippen LogP contribution in [0.1, 0.15) is 23.6 Å². The first-order chi connectivity index (χ1) is 14.9. The topological polar surface area (TPSA) is 119 Å². The highest BCUT2D eigenvalue weighted by Gasteiger charge is 2.46. The number of methoxy groups -OCH3 is 2. The molecule has 1 aliphatic heterocycles. The third-order valence-electron chi connectivity index (χ3n) is 5.05. The average Bonchev–Trinajstić information content (AvgIpc) is 3.03. The molecule has 1 saturated heterocycles. The fraction of sp³-hybridized carbons (Fsp3) is 0.273. The number of non-ortho nitro benzene ring substituents is 1. The molecule has 0 bridgehead atoms. The number of para-hydroxylation sites is 1. The van der Waals surface area contributed by atoms with Gasteiger partial charge < -0.3 is 19.5 Å². The summed E-state index contributed by atoms with van der Waals surface area (Å²) in [5, 5.41) is 22.1. The van der Waals surface area contributed by atoms with Crippen LogP contribution in [0.2, 0.25) is 0 Å². The molecule has 1 N–H and O–H groups in total. The van der Waals surface area contributed by atoms with Gasteiger partial charge in [-0.15, -0.1) is 0 Å². The molecule has 162 valence electrons. The number of likely N-dealkylation sites (tertiary alicyclic amines) is 1. The number of aliphatic hydroxyl groups excluding tert-OH is 1. The molecule has 0 spiro atoms. The fourth-order valence-corrected chi connectivity index (χ4v) is 3.63. The van der Waals surface area contributed by atoms with Gasteiger partial charge in [-0.05, 0) is 12.5 Å². The summed E-state index contributed by atoms with van der Waals surface area (Å²) < 4.78 is 10.5. The highest BCUT2D eigenvalue weighted by Crippen LogP contribution is 2.42. The molecule has 1 heterocycles. The lowest BCUT2D eigenvalue weighted by atomic mass is 9.94. The van der Waals surface area contributed by atoms with Crippen molar-refractivity contribution >= 4 is 23.1 Å². The number of rotatable bonds is 8. The highest BCUT2D eigenvalue weighted by atomic mass is 16.6. The van der Waals surface area contributed by atoms with Crippen molar-refractivity contribution in [1.29, 1.82) is 0 Å². The summed E-state index contributed by atoms with van der Waals surface area (Å²) in [6, 6.07) is 11.3. The number of benzene rings is 2. The van der Waals surface area contributed by atoms with Crippen molar-refractivity contribution in [1.82, 2.24) is 4.90 Å². The van der Waals surface area contributed by atoms with Gasteiger partial charge >= 0.3 is 0 Å². The molecule has 1 amide bonds. The zero-order valence-corrected chi connectivity index (χ0v) is 17.1. The number of aliphatic hydroxyl groups is 1. The Morgan fingerprint density at radius 3 is 2.58 bits per heavy atom. The van der Waals surface area contributed by atoms with Crippen LogP contribution in [0, 0.1) is 10.1 Å². The van der Waals surface area contributed by atoms with Crippen molar-refractivity contribution in [3.05, 3.63) is 75.3 Å². The van der Waals surface area contributed by atoms with E-state index >= 15 is 0 Å². The van der Waals surface area contributed by atoms with Crippen LogP contribution in [-0.2, 0) is 14.3 Å². The standard InChI is InChI=1S/C22H22N2O7/c1-30-12-6-11-23-19(16-9-3-4-10-17(16)31-2)18(21(26)22(23)27)20(25)14-7-5-8-15(13-14)24(28)29/h3-5,7-10,13,19,25H,6,11-12H2,1-2H3/b20-18+. The molecule has 1 atom stereocenters. The Kier molecular flexibility index (Phi) is 6.66. The molecule has 0 aromatic heterocycles. The van der Waals surface area contributed by atoms with Gasteiger partial charge in [-0.1, -0.05) is 30.3 Å². The Morgan fingerprint density at radius 2 is 1.90 bits per heavy atom. The number of carbonyl (C=O) groups excluding carboxylic acids is 2. The van der Waals surface area contributed by atoms with E-state index in [-0.39, 0.29) is 23.4 Å². The smallest absolute Gasteiger partial charge is 0.295 e. The van der Waals surface area contributed by atoms with Crippen LogP contribution in [0.25, 0.3) is 5.76 Å². The Morgan fingerprint density at radius 1 is 1.16 bits per heavy atom. The second-order valence-electron chi connectivity index (χ2n) is 6.89. The molecule has 3 rings (SSSR count). The molecule has 9 nitrogen and oxygen atoms in total. The summed E-state index contributed by atoms with van der Waals surface area (Å²) in [6.07, 6.45) is 0.478. The predicted molar refractivity (Wildman–Crippen MR) is 112 cm³/mol. The number of hydrogen-bond acceptors (Lipinski definition) is 7. The van der Waals surface area contributed by atoms with Crippen LogP contribution in [0.4, 0.5) is 5.69 Å². The summed E-state index contributed by atoms with van der Waals surface area (Å²) in [7, 11) is 3.00. The SMILES string of the molecule is COCCCN1C(=O)C(=O)/C(=C(/O)c2cccc([N+](=O)[O-])c2)C1c1ccccc1OC. The van der Waals surface area contributed by atoms with E-state index in [1.54, 1.807) is 24.3 Å². The van der Waals surface area contributed by atoms with Gasteiger partial charge in [0.25, 0.3) is 17.4 Å². The Labute approximate surface area is 178 Å². The van der Waals surface area contributed by atoms with E-state index in [9.17, 15) is 24.8 Å². The van der Waals surface area contributed by atoms with Crippen LogP contribution in [0.3, 0.4) is 0 Å². The lowest BCUT2D eigenvalue weighted by Crippen LogP contribution is -2.31. The molecule has 0 radical (unpaired) electrons. The molecule has 2 aromatic carbocycles. The minimum Gasteiger partial charge on any atom is -0.507 e. The molecule has 0 aliphatic carbocycles. The molecule has 9 heteroatoms. The lowest BCUT2D eigenvalue weighted by molar-refractivity contribution is -0.384. The maximum Gasteiger partial charge on any atom is 0.295 e.